The minimum absolute atomic E-state index is 0.0448. The molecule has 3 nitrogen and oxygen atoms in total. The van der Waals surface area contributed by atoms with Crippen LogP contribution in [0.5, 0.6) is 5.75 Å². The van der Waals surface area contributed by atoms with Gasteiger partial charge >= 0.3 is 5.63 Å². The molecule has 24 heavy (non-hydrogen) atoms. The molecule has 0 aliphatic carbocycles. The number of hydrogen-bond donors (Lipinski definition) is 1. The predicted molar refractivity (Wildman–Crippen MR) is 101 cm³/mol. The van der Waals surface area contributed by atoms with Crippen LogP contribution in [0.15, 0.2) is 15.3 Å². The Morgan fingerprint density at radius 3 is 2.33 bits per heavy atom. The fourth-order valence-electron chi connectivity index (χ4n) is 3.71. The van der Waals surface area contributed by atoms with E-state index in [9.17, 15) is 9.90 Å². The molecule has 0 amide bonds. The van der Waals surface area contributed by atoms with E-state index in [0.717, 1.165) is 17.9 Å². The first-order chi connectivity index (χ1) is 11.2. The molecule has 3 atom stereocenters. The first-order valence-electron chi connectivity index (χ1n) is 9.19. The maximum Gasteiger partial charge on any atom is 0.342 e. The maximum absolute atomic E-state index is 11.8. The van der Waals surface area contributed by atoms with Crippen LogP contribution in [0.1, 0.15) is 77.2 Å². The summed E-state index contributed by atoms with van der Waals surface area (Å²) in [6, 6.07) is 0. The molecule has 1 rings (SSSR count). The summed E-state index contributed by atoms with van der Waals surface area (Å²) < 4.78 is 5.40. The lowest BCUT2D eigenvalue weighted by atomic mass is 9.87. The highest BCUT2D eigenvalue weighted by Crippen LogP contribution is 2.29. The molecule has 0 bridgehead atoms. The largest absolute Gasteiger partial charge is 0.507 e. The lowest BCUT2D eigenvalue weighted by Gasteiger charge is -2.19. The van der Waals surface area contributed by atoms with Crippen molar-refractivity contribution >= 4 is 5.57 Å². The Labute approximate surface area is 146 Å². The zero-order valence-electron chi connectivity index (χ0n) is 16.4. The highest BCUT2D eigenvalue weighted by atomic mass is 16.4. The van der Waals surface area contributed by atoms with E-state index in [-0.39, 0.29) is 11.3 Å². The molecule has 0 aliphatic heterocycles. The molecule has 0 spiro atoms. The van der Waals surface area contributed by atoms with Gasteiger partial charge in [-0.1, -0.05) is 46.6 Å². The van der Waals surface area contributed by atoms with Crippen LogP contribution in [0.4, 0.5) is 0 Å². The third-order valence-corrected chi connectivity index (χ3v) is 4.80. The van der Waals surface area contributed by atoms with Gasteiger partial charge in [-0.25, -0.2) is 4.79 Å². The lowest BCUT2D eigenvalue weighted by molar-refractivity contribution is 0.353. The van der Waals surface area contributed by atoms with Crippen molar-refractivity contribution in [3.8, 4) is 5.75 Å². The zero-order chi connectivity index (χ0) is 18.4. The van der Waals surface area contributed by atoms with Crippen LogP contribution >= 0.6 is 0 Å². The Bertz CT molecular complexity index is 625. The molecular weight excluding hydrogens is 300 g/mol. The molecule has 3 unspecified atom stereocenters. The normalized spacial score (nSPS) is 16.0. The molecule has 0 aliphatic rings. The second kappa shape index (κ2) is 9.10. The fraction of sp³-hybridized carbons (Fsp3) is 0.667. The molecule has 1 aromatic rings. The summed E-state index contributed by atoms with van der Waals surface area (Å²) in [6.45, 7) is 14.4. The van der Waals surface area contributed by atoms with Crippen molar-refractivity contribution in [1.82, 2.24) is 0 Å². The molecule has 0 fully saturated rings. The summed E-state index contributed by atoms with van der Waals surface area (Å²) in [5.41, 5.74) is 1.37. The molecule has 1 heterocycles. The van der Waals surface area contributed by atoms with Crippen LogP contribution in [-0.4, -0.2) is 5.11 Å². The van der Waals surface area contributed by atoms with E-state index in [2.05, 4.69) is 33.8 Å². The van der Waals surface area contributed by atoms with Crippen LogP contribution in [0, 0.1) is 31.6 Å². The van der Waals surface area contributed by atoms with Gasteiger partial charge in [0, 0.05) is 5.56 Å². The lowest BCUT2D eigenvalue weighted by Crippen LogP contribution is -2.08. The van der Waals surface area contributed by atoms with Crippen LogP contribution < -0.4 is 5.63 Å². The minimum atomic E-state index is -0.463. The van der Waals surface area contributed by atoms with Gasteiger partial charge in [-0.15, -0.1) is 0 Å². The fourth-order valence-corrected chi connectivity index (χ4v) is 3.71. The van der Waals surface area contributed by atoms with E-state index in [4.69, 9.17) is 4.42 Å². The van der Waals surface area contributed by atoms with Crippen molar-refractivity contribution in [2.45, 2.75) is 74.1 Å². The van der Waals surface area contributed by atoms with Gasteiger partial charge < -0.3 is 9.52 Å². The van der Waals surface area contributed by atoms with E-state index >= 15 is 0 Å². The zero-order valence-corrected chi connectivity index (χ0v) is 16.4. The molecule has 0 saturated carbocycles. The Kier molecular flexibility index (Phi) is 7.78. The van der Waals surface area contributed by atoms with Crippen molar-refractivity contribution in [2.24, 2.45) is 17.8 Å². The summed E-state index contributed by atoms with van der Waals surface area (Å²) in [5.74, 6) is 2.40. The summed E-state index contributed by atoms with van der Waals surface area (Å²) >= 11 is 0. The standard InChI is InChI=1S/C21H34O3/c1-8-9-13(2)10-14(3)11-15(4)12-16(5)20-17(6)19(22)18(7)21(23)24-20/h12-15,22H,8-11H2,1-7H3/b16-12+. The van der Waals surface area contributed by atoms with Crippen molar-refractivity contribution in [3.63, 3.8) is 0 Å². The molecule has 136 valence electrons. The van der Waals surface area contributed by atoms with Crippen molar-refractivity contribution in [3.05, 3.63) is 33.4 Å². The second-order valence-electron chi connectivity index (χ2n) is 7.61. The number of hydrogen-bond acceptors (Lipinski definition) is 3. The van der Waals surface area contributed by atoms with Crippen molar-refractivity contribution in [1.29, 1.82) is 0 Å². The van der Waals surface area contributed by atoms with Gasteiger partial charge in [0.2, 0.25) is 0 Å². The molecule has 0 saturated heterocycles. The molecule has 1 N–H and O–H groups in total. The monoisotopic (exact) mass is 334 g/mol. The summed E-state index contributed by atoms with van der Waals surface area (Å²) in [5, 5.41) is 10.1. The van der Waals surface area contributed by atoms with Crippen molar-refractivity contribution in [2.75, 3.05) is 0 Å². The van der Waals surface area contributed by atoms with Crippen molar-refractivity contribution < 1.29 is 9.52 Å². The van der Waals surface area contributed by atoms with Gasteiger partial charge in [-0.3, -0.25) is 0 Å². The maximum atomic E-state index is 11.8. The Morgan fingerprint density at radius 1 is 1.12 bits per heavy atom. The molecule has 0 radical (unpaired) electrons. The van der Waals surface area contributed by atoms with Gasteiger partial charge in [-0.05, 0) is 56.9 Å². The van der Waals surface area contributed by atoms with Crippen LogP contribution in [0.3, 0.4) is 0 Å². The molecular formula is C21H34O3. The molecule has 3 heteroatoms. The van der Waals surface area contributed by atoms with E-state index in [1.165, 1.54) is 19.3 Å². The summed E-state index contributed by atoms with van der Waals surface area (Å²) in [7, 11) is 0. The summed E-state index contributed by atoms with van der Waals surface area (Å²) in [6.07, 6.45) is 7.07. The van der Waals surface area contributed by atoms with Crippen LogP contribution in [0.2, 0.25) is 0 Å². The van der Waals surface area contributed by atoms with E-state index in [0.29, 0.717) is 23.2 Å². The van der Waals surface area contributed by atoms with Gasteiger partial charge in [0.15, 0.2) is 0 Å². The Hall–Kier alpha value is -1.51. The van der Waals surface area contributed by atoms with E-state index in [1.807, 2.05) is 6.92 Å². The first kappa shape index (κ1) is 20.5. The predicted octanol–water partition coefficient (Wildman–Crippen LogP) is 5.85. The first-order valence-corrected chi connectivity index (χ1v) is 9.19. The third-order valence-electron chi connectivity index (χ3n) is 4.80. The SMILES string of the molecule is CCCC(C)CC(C)CC(C)/C=C(\C)c1oc(=O)c(C)c(O)c1C. The number of rotatable bonds is 8. The third kappa shape index (κ3) is 5.54. The number of aromatic hydroxyl groups is 1. The van der Waals surface area contributed by atoms with Crippen LogP contribution in [-0.2, 0) is 0 Å². The highest BCUT2D eigenvalue weighted by molar-refractivity contribution is 5.64. The second-order valence-corrected chi connectivity index (χ2v) is 7.61. The number of allylic oxidation sites excluding steroid dienone is 2. The van der Waals surface area contributed by atoms with Gasteiger partial charge in [0.25, 0.3) is 0 Å². The van der Waals surface area contributed by atoms with E-state index in [1.54, 1.807) is 13.8 Å². The average molecular weight is 335 g/mol. The topological polar surface area (TPSA) is 50.4 Å². The summed E-state index contributed by atoms with van der Waals surface area (Å²) in [4.78, 5) is 11.8. The smallest absolute Gasteiger partial charge is 0.342 e. The van der Waals surface area contributed by atoms with Gasteiger partial charge in [0.05, 0.1) is 5.56 Å². The minimum Gasteiger partial charge on any atom is -0.507 e. The molecule has 0 aromatic carbocycles. The van der Waals surface area contributed by atoms with Crippen LogP contribution in [0.25, 0.3) is 5.57 Å². The van der Waals surface area contributed by atoms with E-state index < -0.39 is 5.63 Å². The van der Waals surface area contributed by atoms with Gasteiger partial charge in [-0.2, -0.15) is 0 Å². The average Bonchev–Trinajstić information content (AvgIpc) is 2.48. The van der Waals surface area contributed by atoms with Gasteiger partial charge in [0.1, 0.15) is 11.5 Å². The Balaban J connectivity index is 2.84. The quantitative estimate of drug-likeness (QED) is 0.648. The highest BCUT2D eigenvalue weighted by Gasteiger charge is 2.16. The Morgan fingerprint density at radius 2 is 1.75 bits per heavy atom. The molecule has 1 aromatic heterocycles.